The Bertz CT molecular complexity index is 990. The van der Waals surface area contributed by atoms with Crippen molar-refractivity contribution in [1.29, 1.82) is 0 Å². The number of ether oxygens (including phenoxy) is 1. The monoisotopic (exact) mass is 378 g/mol. The summed E-state index contributed by atoms with van der Waals surface area (Å²) in [7, 11) is 0. The number of hydrogen-bond acceptors (Lipinski definition) is 7. The molecule has 0 radical (unpaired) electrons. The Kier molecular flexibility index (Phi) is 4.54. The van der Waals surface area contributed by atoms with Crippen LogP contribution in [0.2, 0.25) is 0 Å². The van der Waals surface area contributed by atoms with Crippen LogP contribution in [0.15, 0.2) is 41.0 Å². The highest BCUT2D eigenvalue weighted by molar-refractivity contribution is 5.93. The van der Waals surface area contributed by atoms with Crippen LogP contribution in [0.5, 0.6) is 0 Å². The number of anilines is 1. The highest BCUT2D eigenvalue weighted by atomic mass is 16.6. The summed E-state index contributed by atoms with van der Waals surface area (Å²) < 4.78 is 10.4. The van der Waals surface area contributed by atoms with Crippen molar-refractivity contribution >= 4 is 23.0 Å². The third kappa shape index (κ3) is 3.27. The first-order valence-electron chi connectivity index (χ1n) is 9.67. The molecule has 144 valence electrons. The number of hydrogen-bond donors (Lipinski definition) is 0. The van der Waals surface area contributed by atoms with E-state index in [-0.39, 0.29) is 0 Å². The minimum Gasteiger partial charge on any atom is -0.379 e. The summed E-state index contributed by atoms with van der Waals surface area (Å²) in [6.45, 7) is 6.83. The Morgan fingerprint density at radius 3 is 2.75 bits per heavy atom. The average Bonchev–Trinajstić information content (AvgIpc) is 3.19. The number of nitrogens with zero attached hydrogens (tertiary/aromatic N) is 4. The topological polar surface area (TPSA) is 71.7 Å². The van der Waals surface area contributed by atoms with Gasteiger partial charge in [0.25, 0.3) is 0 Å². The fourth-order valence-electron chi connectivity index (χ4n) is 4.10. The van der Waals surface area contributed by atoms with Gasteiger partial charge in [-0.1, -0.05) is 18.2 Å². The molecule has 2 aromatic carbocycles. The van der Waals surface area contributed by atoms with E-state index in [0.717, 1.165) is 80.1 Å². The fraction of sp³-hybridized carbons (Fsp3) is 0.381. The maximum absolute atomic E-state index is 11.1. The number of aldehydes is 1. The number of carbonyl (C=O) groups excluding carboxylic acids is 1. The van der Waals surface area contributed by atoms with E-state index in [0.29, 0.717) is 11.5 Å². The van der Waals surface area contributed by atoms with Gasteiger partial charge in [0.05, 0.1) is 18.9 Å². The molecule has 5 rings (SSSR count). The molecule has 0 amide bonds. The SMILES string of the molecule is O=Cc1cccc(-c2cc(N3CC(CN4CCOCC4)C3)c3nonc3c2)c1. The summed E-state index contributed by atoms with van der Waals surface area (Å²) in [5, 5.41) is 8.18. The zero-order valence-corrected chi connectivity index (χ0v) is 15.6. The van der Waals surface area contributed by atoms with E-state index in [4.69, 9.17) is 9.37 Å². The van der Waals surface area contributed by atoms with E-state index in [2.05, 4.69) is 26.2 Å². The van der Waals surface area contributed by atoms with Crippen LogP contribution in [-0.4, -0.2) is 67.4 Å². The minimum absolute atomic E-state index is 0.648. The van der Waals surface area contributed by atoms with Gasteiger partial charge in [0.2, 0.25) is 0 Å². The molecule has 1 aromatic heterocycles. The largest absolute Gasteiger partial charge is 0.379 e. The van der Waals surface area contributed by atoms with Crippen molar-refractivity contribution < 1.29 is 14.2 Å². The molecule has 7 heteroatoms. The Hall–Kier alpha value is -2.77. The average molecular weight is 378 g/mol. The van der Waals surface area contributed by atoms with Crippen LogP contribution < -0.4 is 4.90 Å². The lowest BCUT2D eigenvalue weighted by atomic mass is 9.96. The summed E-state index contributed by atoms with van der Waals surface area (Å²) in [5.74, 6) is 0.648. The molecule has 0 bridgehead atoms. The Morgan fingerprint density at radius 2 is 1.93 bits per heavy atom. The van der Waals surface area contributed by atoms with Crippen LogP contribution in [0, 0.1) is 5.92 Å². The molecule has 3 heterocycles. The van der Waals surface area contributed by atoms with Gasteiger partial charge >= 0.3 is 0 Å². The number of benzene rings is 2. The van der Waals surface area contributed by atoms with E-state index in [1.54, 1.807) is 6.07 Å². The highest BCUT2D eigenvalue weighted by Crippen LogP contribution is 2.35. The third-order valence-electron chi connectivity index (χ3n) is 5.61. The molecule has 2 fully saturated rings. The van der Waals surface area contributed by atoms with Crippen molar-refractivity contribution in [2.24, 2.45) is 5.92 Å². The number of morpholine rings is 1. The molecule has 0 aliphatic carbocycles. The second kappa shape index (κ2) is 7.33. The zero-order chi connectivity index (χ0) is 18.9. The van der Waals surface area contributed by atoms with Gasteiger partial charge in [-0.2, -0.15) is 0 Å². The summed E-state index contributed by atoms with van der Waals surface area (Å²) in [4.78, 5) is 16.0. The second-order valence-electron chi connectivity index (χ2n) is 7.55. The third-order valence-corrected chi connectivity index (χ3v) is 5.61. The molecule has 0 unspecified atom stereocenters. The molecule has 2 saturated heterocycles. The number of rotatable bonds is 5. The van der Waals surface area contributed by atoms with Gasteiger partial charge in [-0.25, -0.2) is 4.63 Å². The van der Waals surface area contributed by atoms with Crippen molar-refractivity contribution in [3.05, 3.63) is 42.0 Å². The lowest BCUT2D eigenvalue weighted by Crippen LogP contribution is -2.53. The fourth-order valence-corrected chi connectivity index (χ4v) is 4.10. The van der Waals surface area contributed by atoms with Crippen molar-refractivity contribution in [2.45, 2.75) is 0 Å². The lowest BCUT2D eigenvalue weighted by Gasteiger charge is -2.43. The van der Waals surface area contributed by atoms with E-state index in [9.17, 15) is 4.79 Å². The van der Waals surface area contributed by atoms with Crippen molar-refractivity contribution in [3.8, 4) is 11.1 Å². The quantitative estimate of drug-likeness (QED) is 0.632. The highest BCUT2D eigenvalue weighted by Gasteiger charge is 2.31. The predicted molar refractivity (Wildman–Crippen MR) is 106 cm³/mol. The Labute approximate surface area is 162 Å². The summed E-state index contributed by atoms with van der Waals surface area (Å²) >= 11 is 0. The first-order chi connectivity index (χ1) is 13.8. The van der Waals surface area contributed by atoms with Crippen molar-refractivity contribution in [2.75, 3.05) is 50.8 Å². The maximum Gasteiger partial charge on any atom is 0.158 e. The van der Waals surface area contributed by atoms with Crippen molar-refractivity contribution in [3.63, 3.8) is 0 Å². The number of fused-ring (bicyclic) bond motifs is 1. The van der Waals surface area contributed by atoms with Gasteiger partial charge in [0, 0.05) is 44.2 Å². The summed E-state index contributed by atoms with van der Waals surface area (Å²) in [6.07, 6.45) is 0.867. The maximum atomic E-state index is 11.1. The van der Waals surface area contributed by atoms with Crippen molar-refractivity contribution in [1.82, 2.24) is 15.2 Å². The Morgan fingerprint density at radius 1 is 1.07 bits per heavy atom. The van der Waals surface area contributed by atoms with Crippen LogP contribution in [0.1, 0.15) is 10.4 Å². The molecular formula is C21H22N4O3. The molecule has 0 saturated carbocycles. The minimum atomic E-state index is 0.648. The van der Waals surface area contributed by atoms with Gasteiger partial charge < -0.3 is 9.64 Å². The van der Waals surface area contributed by atoms with Gasteiger partial charge in [0.15, 0.2) is 5.52 Å². The van der Waals surface area contributed by atoms with Crippen LogP contribution in [0.3, 0.4) is 0 Å². The van der Waals surface area contributed by atoms with Gasteiger partial charge in [-0.3, -0.25) is 9.69 Å². The van der Waals surface area contributed by atoms with Gasteiger partial charge in [-0.05, 0) is 39.6 Å². The Balaban J connectivity index is 1.38. The van der Waals surface area contributed by atoms with E-state index in [1.807, 2.05) is 24.3 Å². The van der Waals surface area contributed by atoms with Gasteiger partial charge in [0.1, 0.15) is 11.8 Å². The number of aromatic nitrogens is 2. The zero-order valence-electron chi connectivity index (χ0n) is 15.6. The van der Waals surface area contributed by atoms with Gasteiger partial charge in [-0.15, -0.1) is 0 Å². The molecule has 7 nitrogen and oxygen atoms in total. The molecule has 0 N–H and O–H groups in total. The molecule has 28 heavy (non-hydrogen) atoms. The number of carbonyl (C=O) groups is 1. The standard InChI is InChI=1S/C21H22N4O3/c26-14-15-2-1-3-17(8-15)18-9-19-21(23-28-22-19)20(10-18)25-12-16(13-25)11-24-4-6-27-7-5-24/h1-3,8-10,14,16H,4-7,11-13H2. The smallest absolute Gasteiger partial charge is 0.158 e. The predicted octanol–water partition coefficient (Wildman–Crippen LogP) is 2.47. The van der Waals surface area contributed by atoms with Crippen LogP contribution in [-0.2, 0) is 4.74 Å². The van der Waals surface area contributed by atoms with E-state index < -0.39 is 0 Å². The first kappa shape index (κ1) is 17.3. The normalized spacial score (nSPS) is 18.4. The summed E-state index contributed by atoms with van der Waals surface area (Å²) in [5.41, 5.74) is 5.23. The molecule has 2 aliphatic rings. The van der Waals surface area contributed by atoms with E-state index >= 15 is 0 Å². The molecule has 0 spiro atoms. The second-order valence-corrected chi connectivity index (χ2v) is 7.55. The molecule has 3 aromatic rings. The van der Waals surface area contributed by atoms with Crippen LogP contribution in [0.25, 0.3) is 22.2 Å². The summed E-state index contributed by atoms with van der Waals surface area (Å²) in [6, 6.07) is 11.7. The van der Waals surface area contributed by atoms with Crippen LogP contribution >= 0.6 is 0 Å². The first-order valence-corrected chi connectivity index (χ1v) is 9.67. The van der Waals surface area contributed by atoms with Crippen LogP contribution in [0.4, 0.5) is 5.69 Å². The van der Waals surface area contributed by atoms with E-state index in [1.165, 1.54) is 0 Å². The molecule has 2 aliphatic heterocycles. The lowest BCUT2D eigenvalue weighted by molar-refractivity contribution is 0.0286. The molecular weight excluding hydrogens is 356 g/mol. The molecule has 0 atom stereocenters.